The number of sulfonamides is 1. The average Bonchev–Trinajstić information content (AvgIpc) is 2.73. The van der Waals surface area contributed by atoms with Crippen molar-refractivity contribution in [1.82, 2.24) is 5.32 Å². The molecule has 3 aromatic carbocycles. The van der Waals surface area contributed by atoms with Gasteiger partial charge in [0.15, 0.2) is 0 Å². The molecule has 3 aromatic rings. The lowest BCUT2D eigenvalue weighted by molar-refractivity contribution is 0.0951. The molecule has 0 heterocycles. The van der Waals surface area contributed by atoms with E-state index in [0.717, 1.165) is 11.8 Å². The number of benzene rings is 3. The summed E-state index contributed by atoms with van der Waals surface area (Å²) < 4.78 is 25.5. The van der Waals surface area contributed by atoms with Gasteiger partial charge in [0.2, 0.25) is 10.0 Å². The average molecular weight is 438 g/mol. The molecule has 0 aromatic heterocycles. The van der Waals surface area contributed by atoms with Gasteiger partial charge in [-0.3, -0.25) is 14.3 Å². The Balaban J connectivity index is 1.78. The van der Waals surface area contributed by atoms with Crippen LogP contribution in [-0.4, -0.2) is 26.5 Å². The van der Waals surface area contributed by atoms with Crippen molar-refractivity contribution in [3.8, 4) is 0 Å². The summed E-state index contributed by atoms with van der Waals surface area (Å²) in [6.07, 6.45) is 1.05. The normalized spacial score (nSPS) is 10.9. The third-order valence-electron chi connectivity index (χ3n) is 4.59. The SMILES string of the molecule is Cc1c(NS(C)(=O)=O)cccc1C(=O)Nc1ccccc1C(=O)NCc1ccccc1. The Morgan fingerprint density at radius 2 is 1.39 bits per heavy atom. The minimum absolute atomic E-state index is 0.299. The van der Waals surface area contributed by atoms with Crippen LogP contribution in [0.4, 0.5) is 11.4 Å². The van der Waals surface area contributed by atoms with Gasteiger partial charge < -0.3 is 10.6 Å². The molecule has 3 N–H and O–H groups in total. The standard InChI is InChI=1S/C23H23N3O4S/c1-16-18(12-8-14-20(16)26-31(2,29)30)23(28)25-21-13-7-6-11-19(21)22(27)24-15-17-9-4-3-5-10-17/h3-14,26H,15H2,1-2H3,(H,24,27)(H,25,28). The molecule has 0 radical (unpaired) electrons. The third kappa shape index (κ3) is 5.93. The van der Waals surface area contributed by atoms with Crippen LogP contribution >= 0.6 is 0 Å². The van der Waals surface area contributed by atoms with Gasteiger partial charge in [-0.05, 0) is 42.3 Å². The van der Waals surface area contributed by atoms with E-state index in [1.54, 1.807) is 49.4 Å². The van der Waals surface area contributed by atoms with Crippen LogP contribution in [-0.2, 0) is 16.6 Å². The van der Waals surface area contributed by atoms with Crippen LogP contribution in [0.25, 0.3) is 0 Å². The predicted molar refractivity (Wildman–Crippen MR) is 122 cm³/mol. The number of anilines is 2. The number of carbonyl (C=O) groups excluding carboxylic acids is 2. The van der Waals surface area contributed by atoms with Gasteiger partial charge in [-0.2, -0.15) is 0 Å². The van der Waals surface area contributed by atoms with Crippen molar-refractivity contribution in [2.75, 3.05) is 16.3 Å². The number of carbonyl (C=O) groups is 2. The summed E-state index contributed by atoms with van der Waals surface area (Å²) in [4.78, 5) is 25.6. The fourth-order valence-electron chi connectivity index (χ4n) is 3.05. The zero-order valence-electron chi connectivity index (χ0n) is 17.2. The lowest BCUT2D eigenvalue weighted by atomic mass is 10.1. The van der Waals surface area contributed by atoms with Gasteiger partial charge in [-0.25, -0.2) is 8.42 Å². The summed E-state index contributed by atoms with van der Waals surface area (Å²) in [5, 5.41) is 5.61. The van der Waals surface area contributed by atoms with Gasteiger partial charge in [-0.15, -0.1) is 0 Å². The molecule has 0 saturated heterocycles. The zero-order valence-corrected chi connectivity index (χ0v) is 18.0. The molecule has 8 heteroatoms. The van der Waals surface area contributed by atoms with E-state index in [4.69, 9.17) is 0 Å². The Hall–Kier alpha value is -3.65. The number of rotatable bonds is 7. The van der Waals surface area contributed by atoms with Crippen LogP contribution < -0.4 is 15.4 Å². The van der Waals surface area contributed by atoms with Gasteiger partial charge in [0, 0.05) is 12.1 Å². The first-order valence-corrected chi connectivity index (χ1v) is 11.4. The number of hydrogen-bond donors (Lipinski definition) is 3. The molecule has 0 aliphatic rings. The van der Waals surface area contributed by atoms with Crippen molar-refractivity contribution in [3.63, 3.8) is 0 Å². The van der Waals surface area contributed by atoms with Crippen molar-refractivity contribution in [2.45, 2.75) is 13.5 Å². The first kappa shape index (κ1) is 22.0. The number of hydrogen-bond acceptors (Lipinski definition) is 4. The van der Waals surface area contributed by atoms with Crippen molar-refractivity contribution < 1.29 is 18.0 Å². The first-order valence-electron chi connectivity index (χ1n) is 9.54. The topological polar surface area (TPSA) is 104 Å². The van der Waals surface area contributed by atoms with Crippen molar-refractivity contribution >= 4 is 33.2 Å². The fraction of sp³-hybridized carbons (Fsp3) is 0.130. The Kier molecular flexibility index (Phi) is 6.71. The van der Waals surface area contributed by atoms with Gasteiger partial charge in [0.25, 0.3) is 11.8 Å². The monoisotopic (exact) mass is 437 g/mol. The number of para-hydroxylation sites is 1. The second kappa shape index (κ2) is 9.44. The summed E-state index contributed by atoms with van der Waals surface area (Å²) in [5.74, 6) is -0.762. The molecule has 160 valence electrons. The van der Waals surface area contributed by atoms with Crippen LogP contribution in [0.2, 0.25) is 0 Å². The molecule has 0 aliphatic heterocycles. The third-order valence-corrected chi connectivity index (χ3v) is 5.18. The molecule has 0 aliphatic carbocycles. The maximum absolute atomic E-state index is 12.9. The maximum Gasteiger partial charge on any atom is 0.256 e. The minimum atomic E-state index is -3.48. The van der Waals surface area contributed by atoms with Crippen LogP contribution in [0.1, 0.15) is 31.8 Å². The molecule has 2 amide bonds. The van der Waals surface area contributed by atoms with Gasteiger partial charge in [0.05, 0.1) is 23.2 Å². The molecule has 0 bridgehead atoms. The van der Waals surface area contributed by atoms with E-state index >= 15 is 0 Å². The molecule has 3 rings (SSSR count). The van der Waals surface area contributed by atoms with Crippen LogP contribution in [0, 0.1) is 6.92 Å². The van der Waals surface area contributed by atoms with Crippen LogP contribution in [0.3, 0.4) is 0 Å². The Labute approximate surface area is 181 Å². The highest BCUT2D eigenvalue weighted by Gasteiger charge is 2.17. The summed E-state index contributed by atoms with van der Waals surface area (Å²) in [6.45, 7) is 2.02. The van der Waals surface area contributed by atoms with Gasteiger partial charge >= 0.3 is 0 Å². The Bertz CT molecular complexity index is 1210. The number of nitrogens with one attached hydrogen (secondary N) is 3. The Morgan fingerprint density at radius 1 is 0.774 bits per heavy atom. The Morgan fingerprint density at radius 3 is 2.10 bits per heavy atom. The summed E-state index contributed by atoms with van der Waals surface area (Å²) in [5.41, 5.74) is 2.76. The quantitative estimate of drug-likeness (QED) is 0.526. The molecule has 0 unspecified atom stereocenters. The van der Waals surface area contributed by atoms with E-state index in [9.17, 15) is 18.0 Å². The van der Waals surface area contributed by atoms with Gasteiger partial charge in [-0.1, -0.05) is 48.5 Å². The van der Waals surface area contributed by atoms with Crippen LogP contribution in [0.15, 0.2) is 72.8 Å². The van der Waals surface area contributed by atoms with Crippen LogP contribution in [0.5, 0.6) is 0 Å². The smallest absolute Gasteiger partial charge is 0.256 e. The highest BCUT2D eigenvalue weighted by molar-refractivity contribution is 7.92. The first-order chi connectivity index (χ1) is 14.7. The maximum atomic E-state index is 12.9. The molecular weight excluding hydrogens is 414 g/mol. The number of amides is 2. The van der Waals surface area contributed by atoms with E-state index < -0.39 is 15.9 Å². The summed E-state index contributed by atoms with van der Waals surface area (Å²) in [7, 11) is -3.48. The predicted octanol–water partition coefficient (Wildman–Crippen LogP) is 3.55. The molecule has 0 fully saturated rings. The molecule has 7 nitrogen and oxygen atoms in total. The van der Waals surface area contributed by atoms with E-state index in [-0.39, 0.29) is 5.91 Å². The second-order valence-corrected chi connectivity index (χ2v) is 8.77. The molecule has 0 saturated carbocycles. The summed E-state index contributed by atoms with van der Waals surface area (Å²) in [6, 6.07) is 21.0. The largest absolute Gasteiger partial charge is 0.348 e. The van der Waals surface area contributed by atoms with E-state index in [1.165, 1.54) is 0 Å². The molecular formula is C23H23N3O4S. The highest BCUT2D eigenvalue weighted by atomic mass is 32.2. The lowest BCUT2D eigenvalue weighted by Crippen LogP contribution is -2.25. The lowest BCUT2D eigenvalue weighted by Gasteiger charge is -2.14. The van der Waals surface area contributed by atoms with Gasteiger partial charge in [0.1, 0.15) is 0 Å². The fourth-order valence-corrected chi connectivity index (χ4v) is 3.67. The van der Waals surface area contributed by atoms with E-state index in [1.807, 2.05) is 30.3 Å². The molecule has 31 heavy (non-hydrogen) atoms. The van der Waals surface area contributed by atoms with Crippen molar-refractivity contribution in [1.29, 1.82) is 0 Å². The van der Waals surface area contributed by atoms with Crippen molar-refractivity contribution in [2.24, 2.45) is 0 Å². The van der Waals surface area contributed by atoms with Crippen molar-refractivity contribution in [3.05, 3.63) is 95.1 Å². The van der Waals surface area contributed by atoms with E-state index in [0.29, 0.717) is 34.6 Å². The zero-order chi connectivity index (χ0) is 22.4. The summed E-state index contributed by atoms with van der Waals surface area (Å²) >= 11 is 0. The second-order valence-electron chi connectivity index (χ2n) is 7.02. The minimum Gasteiger partial charge on any atom is -0.348 e. The molecule has 0 spiro atoms. The molecule has 0 atom stereocenters. The highest BCUT2D eigenvalue weighted by Crippen LogP contribution is 2.22. The van der Waals surface area contributed by atoms with E-state index in [2.05, 4.69) is 15.4 Å².